The Bertz CT molecular complexity index is 453. The first-order valence-corrected chi connectivity index (χ1v) is 7.87. The van der Waals surface area contributed by atoms with Crippen molar-refractivity contribution in [2.24, 2.45) is 0 Å². The number of benzene rings is 1. The number of rotatable bonds is 7. The number of ether oxygens (including phenoxy) is 1. The van der Waals surface area contributed by atoms with E-state index >= 15 is 0 Å². The minimum Gasteiger partial charge on any atom is -0.494 e. The van der Waals surface area contributed by atoms with Crippen LogP contribution in [-0.2, 0) is 4.74 Å². The molecule has 1 aromatic rings. The molecule has 0 radical (unpaired) electrons. The lowest BCUT2D eigenvalue weighted by atomic mass is 9.91. The third-order valence-corrected chi connectivity index (χ3v) is 3.84. The average molecular weight is 270 g/mol. The summed E-state index contributed by atoms with van der Waals surface area (Å²) in [5.41, 5.74) is 2.71. The molecule has 1 unspecified atom stereocenters. The van der Waals surface area contributed by atoms with Gasteiger partial charge in [0.05, 0.1) is 6.61 Å². The molecule has 1 atom stereocenters. The fraction of sp³-hybridized carbons (Fsp3) is 0.474. The van der Waals surface area contributed by atoms with Crippen molar-refractivity contribution in [2.75, 3.05) is 6.61 Å². The molecule has 1 aromatic carbocycles. The van der Waals surface area contributed by atoms with Gasteiger partial charge in [-0.2, -0.15) is 0 Å². The number of aryl methyl sites for hydroxylation is 1. The lowest BCUT2D eigenvalue weighted by Crippen LogP contribution is -2.01. The second-order valence-electron chi connectivity index (χ2n) is 5.63. The van der Waals surface area contributed by atoms with E-state index in [0.29, 0.717) is 5.92 Å². The molecule has 20 heavy (non-hydrogen) atoms. The molecule has 108 valence electrons. The quantitative estimate of drug-likeness (QED) is 0.593. The van der Waals surface area contributed by atoms with Gasteiger partial charge >= 0.3 is 0 Å². The first-order valence-electron chi connectivity index (χ1n) is 7.87. The molecule has 0 bridgehead atoms. The Labute approximate surface area is 123 Å². The summed E-state index contributed by atoms with van der Waals surface area (Å²) in [7, 11) is 0. The van der Waals surface area contributed by atoms with Crippen LogP contribution in [-0.4, -0.2) is 6.61 Å². The van der Waals surface area contributed by atoms with Gasteiger partial charge in [0.25, 0.3) is 0 Å². The zero-order valence-electron chi connectivity index (χ0n) is 12.8. The fourth-order valence-corrected chi connectivity index (χ4v) is 2.49. The predicted octanol–water partition coefficient (Wildman–Crippen LogP) is 5.52. The van der Waals surface area contributed by atoms with Gasteiger partial charge in [-0.15, -0.1) is 0 Å². The van der Waals surface area contributed by atoms with Gasteiger partial charge in [-0.25, -0.2) is 0 Å². The van der Waals surface area contributed by atoms with Crippen LogP contribution in [0.1, 0.15) is 56.1 Å². The largest absolute Gasteiger partial charge is 0.494 e. The lowest BCUT2D eigenvalue weighted by Gasteiger charge is -2.17. The van der Waals surface area contributed by atoms with E-state index in [0.717, 1.165) is 18.8 Å². The molecule has 0 saturated heterocycles. The Kier molecular flexibility index (Phi) is 5.91. The van der Waals surface area contributed by atoms with Gasteiger partial charge in [-0.1, -0.05) is 62.1 Å². The molecule has 0 fully saturated rings. The summed E-state index contributed by atoms with van der Waals surface area (Å²) < 4.78 is 5.81. The first kappa shape index (κ1) is 14.9. The highest BCUT2D eigenvalue weighted by atomic mass is 16.5. The standard InChI is InChI=1S/C19H26O/c1-3-4-5-6-15-20-19-13-11-18(12-14-19)17-9-7-16(2)8-10-17/h7-11,13-14,18H,3-6,12,15H2,1-2H3. The van der Waals surface area contributed by atoms with Crippen molar-refractivity contribution in [2.45, 2.75) is 51.9 Å². The Hall–Kier alpha value is -1.50. The number of hydrogen-bond donors (Lipinski definition) is 0. The molecule has 0 spiro atoms. The molecule has 1 aliphatic carbocycles. The van der Waals surface area contributed by atoms with E-state index in [4.69, 9.17) is 4.74 Å². The fourth-order valence-electron chi connectivity index (χ4n) is 2.49. The average Bonchev–Trinajstić information content (AvgIpc) is 2.49. The minimum absolute atomic E-state index is 0.503. The molecular weight excluding hydrogens is 244 g/mol. The van der Waals surface area contributed by atoms with E-state index in [1.165, 1.54) is 36.8 Å². The van der Waals surface area contributed by atoms with Crippen LogP contribution in [0.25, 0.3) is 0 Å². The lowest BCUT2D eigenvalue weighted by molar-refractivity contribution is 0.214. The maximum absolute atomic E-state index is 5.81. The minimum atomic E-state index is 0.503. The Morgan fingerprint density at radius 1 is 1.10 bits per heavy atom. The Morgan fingerprint density at radius 2 is 1.90 bits per heavy atom. The molecule has 0 saturated carbocycles. The molecule has 1 nitrogen and oxygen atoms in total. The molecule has 0 aromatic heterocycles. The Morgan fingerprint density at radius 3 is 2.55 bits per heavy atom. The molecule has 0 N–H and O–H groups in total. The highest BCUT2D eigenvalue weighted by molar-refractivity contribution is 5.32. The summed E-state index contributed by atoms with van der Waals surface area (Å²) in [4.78, 5) is 0. The summed E-state index contributed by atoms with van der Waals surface area (Å²) in [6, 6.07) is 8.84. The van der Waals surface area contributed by atoms with Gasteiger partial charge in [0.1, 0.15) is 5.76 Å². The van der Waals surface area contributed by atoms with Crippen molar-refractivity contribution in [1.82, 2.24) is 0 Å². The maximum Gasteiger partial charge on any atom is 0.115 e. The maximum atomic E-state index is 5.81. The van der Waals surface area contributed by atoms with Crippen molar-refractivity contribution in [1.29, 1.82) is 0 Å². The van der Waals surface area contributed by atoms with Gasteiger partial charge in [0.15, 0.2) is 0 Å². The normalized spacial score (nSPS) is 17.9. The van der Waals surface area contributed by atoms with Crippen molar-refractivity contribution in [3.63, 3.8) is 0 Å². The second-order valence-corrected chi connectivity index (χ2v) is 5.63. The van der Waals surface area contributed by atoms with Gasteiger partial charge in [0, 0.05) is 5.92 Å². The van der Waals surface area contributed by atoms with Crippen molar-refractivity contribution >= 4 is 0 Å². The molecule has 1 heteroatoms. The molecule has 2 rings (SSSR count). The zero-order valence-corrected chi connectivity index (χ0v) is 12.8. The summed E-state index contributed by atoms with van der Waals surface area (Å²) in [5.74, 6) is 1.55. The van der Waals surface area contributed by atoms with Crippen LogP contribution in [0, 0.1) is 6.92 Å². The van der Waals surface area contributed by atoms with Gasteiger partial charge in [0.2, 0.25) is 0 Å². The zero-order chi connectivity index (χ0) is 14.2. The summed E-state index contributed by atoms with van der Waals surface area (Å²) in [6.07, 6.45) is 12.7. The van der Waals surface area contributed by atoms with Gasteiger partial charge < -0.3 is 4.74 Å². The smallest absolute Gasteiger partial charge is 0.115 e. The van der Waals surface area contributed by atoms with Crippen LogP contribution in [0.3, 0.4) is 0 Å². The van der Waals surface area contributed by atoms with E-state index in [1.807, 2.05) is 0 Å². The van der Waals surface area contributed by atoms with E-state index in [9.17, 15) is 0 Å². The summed E-state index contributed by atoms with van der Waals surface area (Å²) in [5, 5.41) is 0. The van der Waals surface area contributed by atoms with Crippen LogP contribution in [0.4, 0.5) is 0 Å². The van der Waals surface area contributed by atoms with Crippen molar-refractivity contribution in [3.8, 4) is 0 Å². The third kappa shape index (κ3) is 4.56. The molecule has 0 aliphatic heterocycles. The van der Waals surface area contributed by atoms with E-state index in [-0.39, 0.29) is 0 Å². The SMILES string of the molecule is CCCCCCOC1=CCC(c2ccc(C)cc2)C=C1. The topological polar surface area (TPSA) is 9.23 Å². The number of allylic oxidation sites excluding steroid dienone is 3. The van der Waals surface area contributed by atoms with E-state index in [1.54, 1.807) is 0 Å². The van der Waals surface area contributed by atoms with Crippen LogP contribution in [0.5, 0.6) is 0 Å². The highest BCUT2D eigenvalue weighted by Crippen LogP contribution is 2.27. The number of hydrogen-bond acceptors (Lipinski definition) is 1. The van der Waals surface area contributed by atoms with Crippen molar-refractivity contribution < 1.29 is 4.74 Å². The molecule has 0 heterocycles. The highest BCUT2D eigenvalue weighted by Gasteiger charge is 2.11. The van der Waals surface area contributed by atoms with Crippen molar-refractivity contribution in [3.05, 3.63) is 59.4 Å². The summed E-state index contributed by atoms with van der Waals surface area (Å²) in [6.45, 7) is 5.22. The van der Waals surface area contributed by atoms with Crippen LogP contribution >= 0.6 is 0 Å². The third-order valence-electron chi connectivity index (χ3n) is 3.84. The Balaban J connectivity index is 1.76. The molecule has 1 aliphatic rings. The monoisotopic (exact) mass is 270 g/mol. The predicted molar refractivity (Wildman–Crippen MR) is 85.9 cm³/mol. The first-order chi connectivity index (χ1) is 9.79. The van der Waals surface area contributed by atoms with E-state index < -0.39 is 0 Å². The van der Waals surface area contributed by atoms with Gasteiger partial charge in [-0.3, -0.25) is 0 Å². The summed E-state index contributed by atoms with van der Waals surface area (Å²) >= 11 is 0. The van der Waals surface area contributed by atoms with Crippen LogP contribution < -0.4 is 0 Å². The molecular formula is C19H26O. The second kappa shape index (κ2) is 7.94. The number of unbranched alkanes of at least 4 members (excludes halogenated alkanes) is 3. The van der Waals surface area contributed by atoms with E-state index in [2.05, 4.69) is 56.3 Å². The van der Waals surface area contributed by atoms with Crippen LogP contribution in [0.15, 0.2) is 48.3 Å². The van der Waals surface area contributed by atoms with Crippen LogP contribution in [0.2, 0.25) is 0 Å². The molecule has 0 amide bonds. The van der Waals surface area contributed by atoms with Gasteiger partial charge in [-0.05, 0) is 37.5 Å².